The molecule has 0 aromatic carbocycles. The van der Waals surface area contributed by atoms with Crippen LogP contribution in [0, 0.1) is 6.92 Å². The van der Waals surface area contributed by atoms with E-state index < -0.39 is 0 Å². The third-order valence-electron chi connectivity index (χ3n) is 1.05. The number of aryl methyl sites for hydroxylation is 1. The molecule has 1 aromatic heterocycles. The van der Waals surface area contributed by atoms with Gasteiger partial charge in [-0.1, -0.05) is 0 Å². The van der Waals surface area contributed by atoms with E-state index >= 15 is 0 Å². The van der Waals surface area contributed by atoms with Gasteiger partial charge in [0.15, 0.2) is 0 Å². The van der Waals surface area contributed by atoms with Gasteiger partial charge in [0, 0.05) is 0 Å². The van der Waals surface area contributed by atoms with Crippen molar-refractivity contribution in [3.05, 3.63) is 24.0 Å². The monoisotopic (exact) mass is 213 g/mol. The zero-order valence-corrected chi connectivity index (χ0v) is 8.05. The van der Waals surface area contributed by atoms with Gasteiger partial charge in [-0.3, -0.25) is 0 Å². The van der Waals surface area contributed by atoms with Crippen LogP contribution >= 0.6 is 0 Å². The summed E-state index contributed by atoms with van der Waals surface area (Å²) >= 11 is 1.17. The Balaban J connectivity index is 3.13. The Morgan fingerprint density at radius 3 is 2.75 bits per heavy atom. The average Bonchev–Trinajstić information content (AvgIpc) is 1.77. The molecule has 0 amide bonds. The van der Waals surface area contributed by atoms with Crippen LogP contribution in [-0.2, 0) is 0 Å². The van der Waals surface area contributed by atoms with E-state index in [-0.39, 0.29) is 0 Å². The molecule has 0 aliphatic carbocycles. The molecule has 0 saturated heterocycles. The van der Waals surface area contributed by atoms with Gasteiger partial charge in [0.1, 0.15) is 0 Å². The van der Waals surface area contributed by atoms with Crippen molar-refractivity contribution in [2.75, 3.05) is 0 Å². The van der Waals surface area contributed by atoms with Crippen LogP contribution in [0.25, 0.3) is 0 Å². The van der Waals surface area contributed by atoms with Crippen LogP contribution in [0.2, 0.25) is 0 Å². The topological polar surface area (TPSA) is 12.9 Å². The summed E-state index contributed by atoms with van der Waals surface area (Å²) < 4.78 is 1.39. The Labute approximate surface area is 62.2 Å². The fourth-order valence-corrected chi connectivity index (χ4v) is 1.03. The molecule has 0 saturated carbocycles. The molecule has 0 bridgehead atoms. The molecular formula is C6H7NSn. The summed E-state index contributed by atoms with van der Waals surface area (Å²) in [7, 11) is 0. The van der Waals surface area contributed by atoms with Gasteiger partial charge in [-0.15, -0.1) is 0 Å². The number of rotatable bonds is 0. The Bertz CT molecular complexity index is 165. The van der Waals surface area contributed by atoms with Crippen LogP contribution in [0.4, 0.5) is 0 Å². The van der Waals surface area contributed by atoms with Gasteiger partial charge in [0.05, 0.1) is 0 Å². The Hall–Kier alpha value is -0.0513. The first kappa shape index (κ1) is 6.07. The molecule has 2 heteroatoms. The minimum atomic E-state index is 1.17. The van der Waals surface area contributed by atoms with E-state index in [1.807, 2.05) is 19.2 Å². The molecule has 0 spiro atoms. The number of hydrogen-bond acceptors (Lipinski definition) is 1. The molecule has 40 valence electrons. The van der Waals surface area contributed by atoms with Gasteiger partial charge in [0.25, 0.3) is 0 Å². The second-order valence-corrected chi connectivity index (χ2v) is 3.45. The summed E-state index contributed by atoms with van der Waals surface area (Å²) in [5, 5.41) is 0. The molecule has 2 radical (unpaired) electrons. The second kappa shape index (κ2) is 2.48. The quantitative estimate of drug-likeness (QED) is 0.548. The Kier molecular flexibility index (Phi) is 1.89. The fraction of sp³-hybridized carbons (Fsp3) is 0.167. The van der Waals surface area contributed by atoms with Crippen LogP contribution in [-0.4, -0.2) is 27.5 Å². The normalized spacial score (nSPS) is 9.25. The second-order valence-electron chi connectivity index (χ2n) is 1.68. The summed E-state index contributed by atoms with van der Waals surface area (Å²) in [5.74, 6) is 0. The summed E-state index contributed by atoms with van der Waals surface area (Å²) in [6.45, 7) is 2.04. The van der Waals surface area contributed by atoms with Gasteiger partial charge in [0.2, 0.25) is 0 Å². The van der Waals surface area contributed by atoms with Crippen molar-refractivity contribution in [3.63, 3.8) is 0 Å². The summed E-state index contributed by atoms with van der Waals surface area (Å²) in [5.41, 5.74) is 1.18. The SMILES string of the molecule is Cc1nccc[c]1[SnH]. The molecule has 0 aliphatic heterocycles. The van der Waals surface area contributed by atoms with E-state index in [1.165, 1.54) is 31.8 Å². The van der Waals surface area contributed by atoms with Crippen molar-refractivity contribution in [2.45, 2.75) is 6.92 Å². The van der Waals surface area contributed by atoms with Crippen molar-refractivity contribution in [1.29, 1.82) is 0 Å². The van der Waals surface area contributed by atoms with Crippen LogP contribution in [0.1, 0.15) is 5.69 Å². The van der Waals surface area contributed by atoms with Crippen molar-refractivity contribution in [2.24, 2.45) is 0 Å². The molecular weight excluding hydrogens is 205 g/mol. The van der Waals surface area contributed by atoms with Gasteiger partial charge >= 0.3 is 62.0 Å². The Morgan fingerprint density at radius 2 is 2.38 bits per heavy atom. The van der Waals surface area contributed by atoms with Crippen LogP contribution in [0.15, 0.2) is 18.3 Å². The predicted molar refractivity (Wildman–Crippen MR) is 35.8 cm³/mol. The molecule has 1 nitrogen and oxygen atoms in total. The molecule has 1 rings (SSSR count). The molecule has 8 heavy (non-hydrogen) atoms. The molecule has 0 fully saturated rings. The standard InChI is InChI=1S/C6H6N.Sn.H/c1-6-4-2-3-5-7-6;;/h2-3,5H,1H3;;. The molecule has 1 heterocycles. The molecule has 0 atom stereocenters. The zero-order chi connectivity index (χ0) is 5.98. The third kappa shape index (κ3) is 1.22. The Morgan fingerprint density at radius 1 is 1.62 bits per heavy atom. The van der Waals surface area contributed by atoms with E-state index in [0.29, 0.717) is 0 Å². The first-order chi connectivity index (χ1) is 3.80. The predicted octanol–water partition coefficient (Wildman–Crippen LogP) is -0.0839. The van der Waals surface area contributed by atoms with Crippen molar-refractivity contribution >= 4 is 26.1 Å². The minimum absolute atomic E-state index is 1.17. The van der Waals surface area contributed by atoms with Crippen LogP contribution in [0.5, 0.6) is 0 Å². The maximum atomic E-state index is 4.11. The zero-order valence-electron chi connectivity index (χ0n) is 4.76. The number of aromatic nitrogens is 1. The summed E-state index contributed by atoms with van der Waals surface area (Å²) in [6, 6.07) is 4.09. The first-order valence-electron chi connectivity index (χ1n) is 2.48. The van der Waals surface area contributed by atoms with Gasteiger partial charge in [-0.25, -0.2) is 0 Å². The van der Waals surface area contributed by atoms with E-state index in [1.54, 1.807) is 0 Å². The maximum absolute atomic E-state index is 4.11. The number of nitrogens with zero attached hydrogens (tertiary/aromatic N) is 1. The molecule has 0 unspecified atom stereocenters. The third-order valence-corrected chi connectivity index (χ3v) is 2.79. The van der Waals surface area contributed by atoms with E-state index in [4.69, 9.17) is 0 Å². The van der Waals surface area contributed by atoms with Gasteiger partial charge < -0.3 is 0 Å². The van der Waals surface area contributed by atoms with Gasteiger partial charge in [-0.2, -0.15) is 0 Å². The molecule has 0 aliphatic rings. The van der Waals surface area contributed by atoms with E-state index in [2.05, 4.69) is 11.1 Å². The van der Waals surface area contributed by atoms with Crippen LogP contribution < -0.4 is 3.58 Å². The van der Waals surface area contributed by atoms with E-state index in [9.17, 15) is 0 Å². The van der Waals surface area contributed by atoms with Crippen molar-refractivity contribution in [3.8, 4) is 0 Å². The van der Waals surface area contributed by atoms with Gasteiger partial charge in [-0.05, 0) is 0 Å². The van der Waals surface area contributed by atoms with Crippen molar-refractivity contribution < 1.29 is 0 Å². The average molecular weight is 212 g/mol. The van der Waals surface area contributed by atoms with Crippen molar-refractivity contribution in [1.82, 2.24) is 4.98 Å². The first-order valence-corrected chi connectivity index (χ1v) is 4.12. The van der Waals surface area contributed by atoms with E-state index in [0.717, 1.165) is 0 Å². The number of hydrogen-bond donors (Lipinski definition) is 0. The summed E-state index contributed by atoms with van der Waals surface area (Å²) in [6.07, 6.45) is 1.83. The summed E-state index contributed by atoms with van der Waals surface area (Å²) in [4.78, 5) is 4.11. The molecule has 0 N–H and O–H groups in total. The molecule has 1 aromatic rings. The van der Waals surface area contributed by atoms with Crippen LogP contribution in [0.3, 0.4) is 0 Å². The number of pyridine rings is 1. The fourth-order valence-electron chi connectivity index (χ4n) is 0.497.